The second-order valence-electron chi connectivity index (χ2n) is 5.08. The molecule has 0 radical (unpaired) electrons. The number of rotatable bonds is 2. The van der Waals surface area contributed by atoms with Crippen LogP contribution in [0.2, 0.25) is 0 Å². The van der Waals surface area contributed by atoms with Crippen molar-refractivity contribution in [1.29, 1.82) is 0 Å². The average Bonchev–Trinajstić information content (AvgIpc) is 2.37. The lowest BCUT2D eigenvalue weighted by Gasteiger charge is -2.43. The Kier molecular flexibility index (Phi) is 2.51. The molecule has 1 fully saturated rings. The van der Waals surface area contributed by atoms with Crippen molar-refractivity contribution in [1.82, 2.24) is 0 Å². The van der Waals surface area contributed by atoms with Crippen molar-refractivity contribution in [2.75, 3.05) is 14.2 Å². The zero-order valence-corrected chi connectivity index (χ0v) is 10.4. The zero-order chi connectivity index (χ0) is 12.0. The fourth-order valence-corrected chi connectivity index (χ4v) is 3.58. The summed E-state index contributed by atoms with van der Waals surface area (Å²) in [5, 5.41) is 0. The van der Waals surface area contributed by atoms with Crippen LogP contribution in [-0.2, 0) is 0 Å². The minimum atomic E-state index is 0.280. The van der Waals surface area contributed by atoms with Gasteiger partial charge in [0, 0.05) is 23.1 Å². The predicted molar refractivity (Wildman–Crippen MR) is 66.9 cm³/mol. The van der Waals surface area contributed by atoms with E-state index >= 15 is 0 Å². The van der Waals surface area contributed by atoms with Crippen LogP contribution in [-0.4, -0.2) is 20.3 Å². The number of methoxy groups -OCH3 is 2. The molecule has 1 aromatic rings. The number of benzene rings is 1. The lowest BCUT2D eigenvalue weighted by Crippen LogP contribution is -2.39. The highest BCUT2D eigenvalue weighted by Gasteiger charge is 2.41. The molecule has 2 bridgehead atoms. The van der Waals surface area contributed by atoms with E-state index in [9.17, 15) is 0 Å². The third kappa shape index (κ3) is 1.45. The minimum Gasteiger partial charge on any atom is -0.496 e. The summed E-state index contributed by atoms with van der Waals surface area (Å²) in [6.45, 7) is 0. The largest absolute Gasteiger partial charge is 0.496 e. The van der Waals surface area contributed by atoms with Crippen LogP contribution >= 0.6 is 0 Å². The van der Waals surface area contributed by atoms with Crippen molar-refractivity contribution in [2.24, 2.45) is 5.73 Å². The average molecular weight is 233 g/mol. The van der Waals surface area contributed by atoms with E-state index in [0.29, 0.717) is 11.8 Å². The molecule has 0 spiro atoms. The Hall–Kier alpha value is -1.22. The number of ether oxygens (including phenoxy) is 2. The van der Waals surface area contributed by atoms with Crippen molar-refractivity contribution >= 4 is 0 Å². The van der Waals surface area contributed by atoms with Gasteiger partial charge in [0.1, 0.15) is 11.5 Å². The maximum absolute atomic E-state index is 6.25. The van der Waals surface area contributed by atoms with Crippen molar-refractivity contribution in [3.63, 3.8) is 0 Å². The third-order valence-electron chi connectivity index (χ3n) is 4.33. The van der Waals surface area contributed by atoms with Gasteiger partial charge in [-0.2, -0.15) is 0 Å². The monoisotopic (exact) mass is 233 g/mol. The first kappa shape index (κ1) is 10.9. The van der Waals surface area contributed by atoms with Gasteiger partial charge in [0.05, 0.1) is 14.2 Å². The van der Waals surface area contributed by atoms with E-state index in [4.69, 9.17) is 15.2 Å². The Morgan fingerprint density at radius 2 is 1.71 bits per heavy atom. The van der Waals surface area contributed by atoms with Gasteiger partial charge >= 0.3 is 0 Å². The first-order chi connectivity index (χ1) is 8.26. The zero-order valence-electron chi connectivity index (χ0n) is 10.4. The van der Waals surface area contributed by atoms with Gasteiger partial charge in [-0.15, -0.1) is 0 Å². The van der Waals surface area contributed by atoms with Gasteiger partial charge in [-0.25, -0.2) is 0 Å². The molecule has 2 unspecified atom stereocenters. The van der Waals surface area contributed by atoms with Gasteiger partial charge < -0.3 is 15.2 Å². The van der Waals surface area contributed by atoms with Gasteiger partial charge in [-0.1, -0.05) is 0 Å². The summed E-state index contributed by atoms with van der Waals surface area (Å²) in [5.74, 6) is 2.98. The van der Waals surface area contributed by atoms with E-state index in [1.165, 1.54) is 24.0 Å². The van der Waals surface area contributed by atoms with Crippen LogP contribution in [0.3, 0.4) is 0 Å². The molecule has 0 aliphatic heterocycles. The van der Waals surface area contributed by atoms with Crippen LogP contribution in [0.1, 0.15) is 42.2 Å². The fraction of sp³-hybridized carbons (Fsp3) is 0.571. The van der Waals surface area contributed by atoms with Crippen molar-refractivity contribution < 1.29 is 9.47 Å². The van der Waals surface area contributed by atoms with Crippen molar-refractivity contribution in [3.05, 3.63) is 23.3 Å². The standard InChI is InChI=1S/C14H19NO2/c1-16-11-5-6-12(17-2)14-9-4-3-8(13(11)14)7-10(9)15/h5-6,8-10H,3-4,7,15H2,1-2H3/t8?,9?,10-/m1/s1. The molecule has 3 nitrogen and oxygen atoms in total. The summed E-state index contributed by atoms with van der Waals surface area (Å²) in [7, 11) is 3.47. The number of fused-ring (bicyclic) bond motifs is 2. The van der Waals surface area contributed by atoms with Crippen molar-refractivity contribution in [2.45, 2.75) is 37.1 Å². The first-order valence-corrected chi connectivity index (χ1v) is 6.26. The topological polar surface area (TPSA) is 44.5 Å². The molecule has 92 valence electrons. The van der Waals surface area contributed by atoms with Crippen LogP contribution in [0.5, 0.6) is 11.5 Å². The first-order valence-electron chi connectivity index (χ1n) is 6.26. The fourth-order valence-electron chi connectivity index (χ4n) is 3.58. The molecule has 3 aliphatic rings. The van der Waals surface area contributed by atoms with Crippen LogP contribution < -0.4 is 15.2 Å². The predicted octanol–water partition coefficient (Wildman–Crippen LogP) is 2.40. The second-order valence-corrected chi connectivity index (χ2v) is 5.08. The quantitative estimate of drug-likeness (QED) is 0.853. The normalized spacial score (nSPS) is 29.9. The molecule has 1 aromatic carbocycles. The summed E-state index contributed by atoms with van der Waals surface area (Å²) < 4.78 is 11.0. The highest BCUT2D eigenvalue weighted by Crippen LogP contribution is 2.54. The molecule has 1 saturated carbocycles. The SMILES string of the molecule is COc1ccc(OC)c2c1C1CCC2[C@H](N)C1. The molecule has 2 N–H and O–H groups in total. The molecule has 0 saturated heterocycles. The van der Waals surface area contributed by atoms with E-state index in [2.05, 4.69) is 0 Å². The van der Waals surface area contributed by atoms with E-state index in [1.54, 1.807) is 14.2 Å². The van der Waals surface area contributed by atoms with Crippen LogP contribution in [0, 0.1) is 0 Å². The summed E-state index contributed by atoms with van der Waals surface area (Å²) >= 11 is 0. The second kappa shape index (κ2) is 3.91. The molecule has 0 amide bonds. The highest BCUT2D eigenvalue weighted by molar-refractivity contribution is 5.55. The Labute approximate surface area is 102 Å². The molecule has 0 heterocycles. The van der Waals surface area contributed by atoms with Crippen LogP contribution in [0.25, 0.3) is 0 Å². The van der Waals surface area contributed by atoms with E-state index in [1.807, 2.05) is 12.1 Å². The Bertz CT molecular complexity index is 444. The Morgan fingerprint density at radius 3 is 2.29 bits per heavy atom. The maximum Gasteiger partial charge on any atom is 0.122 e. The van der Waals surface area contributed by atoms with Gasteiger partial charge in [0.2, 0.25) is 0 Å². The van der Waals surface area contributed by atoms with Crippen molar-refractivity contribution in [3.8, 4) is 11.5 Å². The van der Waals surface area contributed by atoms with Gasteiger partial charge in [0.25, 0.3) is 0 Å². The van der Waals surface area contributed by atoms with Crippen LogP contribution in [0.15, 0.2) is 12.1 Å². The molecular weight excluding hydrogens is 214 g/mol. The summed E-state index contributed by atoms with van der Waals surface area (Å²) in [4.78, 5) is 0. The lowest BCUT2D eigenvalue weighted by molar-refractivity contribution is 0.288. The summed E-state index contributed by atoms with van der Waals surface area (Å²) in [6, 6.07) is 4.30. The highest BCUT2D eigenvalue weighted by atomic mass is 16.5. The third-order valence-corrected chi connectivity index (χ3v) is 4.33. The number of hydrogen-bond acceptors (Lipinski definition) is 3. The molecule has 3 heteroatoms. The van der Waals surface area contributed by atoms with Gasteiger partial charge in [-0.3, -0.25) is 0 Å². The number of hydrogen-bond donors (Lipinski definition) is 1. The smallest absolute Gasteiger partial charge is 0.122 e. The summed E-state index contributed by atoms with van der Waals surface area (Å²) in [5.41, 5.74) is 8.91. The van der Waals surface area contributed by atoms with Gasteiger partial charge in [0.15, 0.2) is 0 Å². The molecule has 17 heavy (non-hydrogen) atoms. The molecule has 4 rings (SSSR count). The molecule has 3 aliphatic carbocycles. The van der Waals surface area contributed by atoms with Gasteiger partial charge in [-0.05, 0) is 37.3 Å². The molecule has 3 atom stereocenters. The minimum absolute atomic E-state index is 0.280. The van der Waals surface area contributed by atoms with E-state index < -0.39 is 0 Å². The van der Waals surface area contributed by atoms with E-state index in [0.717, 1.165) is 17.9 Å². The van der Waals surface area contributed by atoms with E-state index in [-0.39, 0.29) is 6.04 Å². The molecular formula is C14H19NO2. The maximum atomic E-state index is 6.25. The Balaban J connectivity index is 2.22. The molecule has 0 aromatic heterocycles. The van der Waals surface area contributed by atoms with Crippen LogP contribution in [0.4, 0.5) is 0 Å². The Morgan fingerprint density at radius 1 is 1.06 bits per heavy atom. The lowest BCUT2D eigenvalue weighted by atomic mass is 9.64. The summed E-state index contributed by atoms with van der Waals surface area (Å²) in [6.07, 6.45) is 3.50. The number of nitrogens with two attached hydrogens (primary N) is 1.